The molecule has 0 bridgehead atoms. The Hall–Kier alpha value is -2.93. The second kappa shape index (κ2) is 8.44. The number of ether oxygens (including phenoxy) is 3. The first-order valence-corrected chi connectivity index (χ1v) is 8.44. The van der Waals surface area contributed by atoms with Crippen LogP contribution < -0.4 is 25.3 Å². The predicted octanol–water partition coefficient (Wildman–Crippen LogP) is 2.32. The van der Waals surface area contributed by atoms with Gasteiger partial charge in [-0.1, -0.05) is 12.1 Å². The Kier molecular flexibility index (Phi) is 5.80. The Morgan fingerprint density at radius 3 is 2.85 bits per heavy atom. The SMILES string of the molecule is COc1cccc(C(O)CN=C(N)Nc2ccc3c(c2)OCCCO3)c1. The molecule has 1 aliphatic rings. The summed E-state index contributed by atoms with van der Waals surface area (Å²) in [5.74, 6) is 2.29. The van der Waals surface area contributed by atoms with Gasteiger partial charge in [0, 0.05) is 18.2 Å². The smallest absolute Gasteiger partial charge is 0.193 e. The van der Waals surface area contributed by atoms with Crippen LogP contribution in [0.1, 0.15) is 18.1 Å². The fourth-order valence-corrected chi connectivity index (χ4v) is 2.57. The summed E-state index contributed by atoms with van der Waals surface area (Å²) in [5, 5.41) is 13.3. The van der Waals surface area contributed by atoms with Crippen LogP contribution in [-0.4, -0.2) is 37.9 Å². The molecule has 0 amide bonds. The van der Waals surface area contributed by atoms with Gasteiger partial charge in [0.05, 0.1) is 33.0 Å². The summed E-state index contributed by atoms with van der Waals surface area (Å²) in [7, 11) is 1.58. The van der Waals surface area contributed by atoms with Crippen LogP contribution in [0.15, 0.2) is 47.5 Å². The highest BCUT2D eigenvalue weighted by atomic mass is 16.5. The predicted molar refractivity (Wildman–Crippen MR) is 100 cm³/mol. The summed E-state index contributed by atoms with van der Waals surface area (Å²) in [6.45, 7) is 1.40. The minimum Gasteiger partial charge on any atom is -0.497 e. The average molecular weight is 357 g/mol. The number of aliphatic hydroxyl groups is 1. The number of nitrogens with zero attached hydrogens (tertiary/aromatic N) is 1. The third-order valence-electron chi connectivity index (χ3n) is 3.93. The van der Waals surface area contributed by atoms with Crippen molar-refractivity contribution in [3.8, 4) is 17.2 Å². The van der Waals surface area contributed by atoms with Crippen molar-refractivity contribution in [3.05, 3.63) is 48.0 Å². The maximum absolute atomic E-state index is 10.3. The average Bonchev–Trinajstić information content (AvgIpc) is 2.91. The molecule has 7 nitrogen and oxygen atoms in total. The molecule has 0 aliphatic carbocycles. The number of hydrogen-bond donors (Lipinski definition) is 3. The maximum atomic E-state index is 10.3. The van der Waals surface area contributed by atoms with Crippen molar-refractivity contribution < 1.29 is 19.3 Å². The molecule has 0 radical (unpaired) electrons. The number of methoxy groups -OCH3 is 1. The molecule has 4 N–H and O–H groups in total. The number of aliphatic imine (C=N–C) groups is 1. The zero-order chi connectivity index (χ0) is 18.4. The van der Waals surface area contributed by atoms with Crippen molar-refractivity contribution in [1.82, 2.24) is 0 Å². The van der Waals surface area contributed by atoms with E-state index in [9.17, 15) is 5.11 Å². The highest BCUT2D eigenvalue weighted by molar-refractivity contribution is 5.92. The Balaban J connectivity index is 1.62. The first kappa shape index (κ1) is 17.9. The largest absolute Gasteiger partial charge is 0.497 e. The molecule has 1 heterocycles. The van der Waals surface area contributed by atoms with Gasteiger partial charge < -0.3 is 30.4 Å². The summed E-state index contributed by atoms with van der Waals surface area (Å²) < 4.78 is 16.4. The topological polar surface area (TPSA) is 98.3 Å². The molecule has 26 heavy (non-hydrogen) atoms. The van der Waals surface area contributed by atoms with Crippen molar-refractivity contribution in [3.63, 3.8) is 0 Å². The first-order chi connectivity index (χ1) is 12.7. The molecule has 2 aromatic rings. The molecule has 1 atom stereocenters. The minimum atomic E-state index is -0.769. The summed E-state index contributed by atoms with van der Waals surface area (Å²) in [6, 6.07) is 12.7. The first-order valence-electron chi connectivity index (χ1n) is 8.44. The number of benzene rings is 2. The van der Waals surface area contributed by atoms with Crippen molar-refractivity contribution >= 4 is 11.6 Å². The van der Waals surface area contributed by atoms with Crippen molar-refractivity contribution in [1.29, 1.82) is 0 Å². The normalized spacial score (nSPS) is 15.1. The Morgan fingerprint density at radius 2 is 2.04 bits per heavy atom. The second-order valence-electron chi connectivity index (χ2n) is 5.86. The number of rotatable bonds is 5. The van der Waals surface area contributed by atoms with E-state index < -0.39 is 6.10 Å². The van der Waals surface area contributed by atoms with Crippen LogP contribution in [0.25, 0.3) is 0 Å². The fraction of sp³-hybridized carbons (Fsp3) is 0.316. The van der Waals surface area contributed by atoms with Gasteiger partial charge in [-0.05, 0) is 29.8 Å². The molecular formula is C19H23N3O4. The Morgan fingerprint density at radius 1 is 1.23 bits per heavy atom. The molecule has 0 saturated heterocycles. The molecule has 0 aromatic heterocycles. The van der Waals surface area contributed by atoms with Gasteiger partial charge in [0.1, 0.15) is 5.75 Å². The third kappa shape index (κ3) is 4.58. The Labute approximate surface area is 152 Å². The molecule has 0 saturated carbocycles. The zero-order valence-electron chi connectivity index (χ0n) is 14.6. The lowest BCUT2D eigenvalue weighted by atomic mass is 10.1. The number of hydrogen-bond acceptors (Lipinski definition) is 5. The van der Waals surface area contributed by atoms with Gasteiger partial charge in [-0.25, -0.2) is 0 Å². The van der Waals surface area contributed by atoms with E-state index >= 15 is 0 Å². The lowest BCUT2D eigenvalue weighted by Gasteiger charge is -2.12. The summed E-state index contributed by atoms with van der Waals surface area (Å²) in [5.41, 5.74) is 7.39. The van der Waals surface area contributed by atoms with Crippen molar-refractivity contribution in [2.45, 2.75) is 12.5 Å². The van der Waals surface area contributed by atoms with Crippen molar-refractivity contribution in [2.75, 3.05) is 32.2 Å². The number of fused-ring (bicyclic) bond motifs is 1. The quantitative estimate of drug-likeness (QED) is 0.561. The number of anilines is 1. The standard InChI is InChI=1S/C19H23N3O4/c1-24-15-5-2-4-13(10-15)16(23)12-21-19(20)22-14-6-7-17-18(11-14)26-9-3-8-25-17/h2,4-7,10-11,16,23H,3,8-9,12H2,1H3,(H3,20,21,22). The van der Waals surface area contributed by atoms with E-state index in [1.165, 1.54) is 0 Å². The van der Waals surface area contributed by atoms with Crippen LogP contribution in [0.4, 0.5) is 5.69 Å². The van der Waals surface area contributed by atoms with E-state index in [4.69, 9.17) is 19.9 Å². The number of guanidine groups is 1. The van der Waals surface area contributed by atoms with Crippen LogP contribution >= 0.6 is 0 Å². The summed E-state index contributed by atoms with van der Waals surface area (Å²) >= 11 is 0. The van der Waals surface area contributed by atoms with E-state index in [1.807, 2.05) is 36.4 Å². The monoisotopic (exact) mass is 357 g/mol. The van der Waals surface area contributed by atoms with E-state index in [2.05, 4.69) is 10.3 Å². The van der Waals surface area contributed by atoms with E-state index in [0.29, 0.717) is 24.7 Å². The van der Waals surface area contributed by atoms with Gasteiger partial charge in [0.15, 0.2) is 17.5 Å². The van der Waals surface area contributed by atoms with E-state index in [1.54, 1.807) is 13.2 Å². The van der Waals surface area contributed by atoms with E-state index in [-0.39, 0.29) is 12.5 Å². The van der Waals surface area contributed by atoms with Gasteiger partial charge in [0.25, 0.3) is 0 Å². The molecule has 0 spiro atoms. The van der Waals surface area contributed by atoms with Crippen LogP contribution in [0.2, 0.25) is 0 Å². The molecule has 2 aromatic carbocycles. The lowest BCUT2D eigenvalue weighted by Crippen LogP contribution is -2.23. The third-order valence-corrected chi connectivity index (χ3v) is 3.93. The molecular weight excluding hydrogens is 334 g/mol. The van der Waals surface area contributed by atoms with Gasteiger partial charge in [0.2, 0.25) is 0 Å². The molecule has 1 unspecified atom stereocenters. The summed E-state index contributed by atoms with van der Waals surface area (Å²) in [4.78, 5) is 4.20. The van der Waals surface area contributed by atoms with Crippen LogP contribution in [-0.2, 0) is 0 Å². The highest BCUT2D eigenvalue weighted by Crippen LogP contribution is 2.32. The number of aliphatic hydroxyl groups excluding tert-OH is 1. The second-order valence-corrected chi connectivity index (χ2v) is 5.86. The summed E-state index contributed by atoms with van der Waals surface area (Å²) in [6.07, 6.45) is 0.0812. The van der Waals surface area contributed by atoms with Gasteiger partial charge in [-0.3, -0.25) is 4.99 Å². The fourth-order valence-electron chi connectivity index (χ4n) is 2.57. The maximum Gasteiger partial charge on any atom is 0.193 e. The van der Waals surface area contributed by atoms with E-state index in [0.717, 1.165) is 23.4 Å². The molecule has 138 valence electrons. The minimum absolute atomic E-state index is 0.135. The molecule has 1 aliphatic heterocycles. The number of nitrogens with one attached hydrogen (secondary N) is 1. The van der Waals surface area contributed by atoms with Crippen molar-refractivity contribution in [2.24, 2.45) is 10.7 Å². The van der Waals surface area contributed by atoms with Crippen LogP contribution in [0.3, 0.4) is 0 Å². The van der Waals surface area contributed by atoms with Gasteiger partial charge in [-0.2, -0.15) is 0 Å². The zero-order valence-corrected chi connectivity index (χ0v) is 14.6. The van der Waals surface area contributed by atoms with Gasteiger partial charge in [-0.15, -0.1) is 0 Å². The molecule has 7 heteroatoms. The molecule has 3 rings (SSSR count). The Bertz CT molecular complexity index is 779. The highest BCUT2D eigenvalue weighted by Gasteiger charge is 2.11. The number of nitrogens with two attached hydrogens (primary N) is 1. The van der Waals surface area contributed by atoms with Crippen LogP contribution in [0, 0.1) is 0 Å². The lowest BCUT2D eigenvalue weighted by molar-refractivity contribution is 0.187. The van der Waals surface area contributed by atoms with Crippen LogP contribution in [0.5, 0.6) is 17.2 Å². The van der Waals surface area contributed by atoms with Gasteiger partial charge >= 0.3 is 0 Å². The molecule has 0 fully saturated rings.